The first kappa shape index (κ1) is 16.4. The summed E-state index contributed by atoms with van der Waals surface area (Å²) in [6, 6.07) is 10.3. The topological polar surface area (TPSA) is 38.3 Å². The molecule has 0 fully saturated rings. The summed E-state index contributed by atoms with van der Waals surface area (Å²) in [6.45, 7) is 1.98. The van der Waals surface area contributed by atoms with E-state index in [1.165, 1.54) is 12.1 Å². The Kier molecular flexibility index (Phi) is 4.22. The van der Waals surface area contributed by atoms with Crippen LogP contribution in [0.3, 0.4) is 0 Å². The molecule has 3 rings (SSSR count). The lowest BCUT2D eigenvalue weighted by Crippen LogP contribution is -2.35. The third kappa shape index (κ3) is 3.53. The average Bonchev–Trinajstić information content (AvgIpc) is 2.53. The van der Waals surface area contributed by atoms with E-state index in [9.17, 15) is 18.0 Å². The van der Waals surface area contributed by atoms with Gasteiger partial charge in [0.2, 0.25) is 0 Å². The molecule has 126 valence electrons. The van der Waals surface area contributed by atoms with Gasteiger partial charge in [0.15, 0.2) is 6.10 Å². The predicted octanol–water partition coefficient (Wildman–Crippen LogP) is 4.35. The summed E-state index contributed by atoms with van der Waals surface area (Å²) in [5, 5.41) is 2.50. The number of fused-ring (bicyclic) bond motifs is 1. The van der Waals surface area contributed by atoms with Crippen LogP contribution in [0.1, 0.15) is 23.1 Å². The zero-order valence-electron chi connectivity index (χ0n) is 13.0. The van der Waals surface area contributed by atoms with Gasteiger partial charge < -0.3 is 10.1 Å². The quantitative estimate of drug-likeness (QED) is 0.886. The van der Waals surface area contributed by atoms with Crippen molar-refractivity contribution < 1.29 is 22.7 Å². The molecule has 0 spiro atoms. The highest BCUT2D eigenvalue weighted by Crippen LogP contribution is 2.31. The van der Waals surface area contributed by atoms with Crippen molar-refractivity contribution in [2.75, 3.05) is 5.32 Å². The van der Waals surface area contributed by atoms with Crippen LogP contribution in [-0.2, 0) is 17.4 Å². The number of benzene rings is 2. The molecule has 0 radical (unpaired) electrons. The lowest BCUT2D eigenvalue weighted by molar-refractivity contribution is -0.137. The second-order valence-corrected chi connectivity index (χ2v) is 5.82. The second-order valence-electron chi connectivity index (χ2n) is 5.82. The summed E-state index contributed by atoms with van der Waals surface area (Å²) in [7, 11) is 0. The van der Waals surface area contributed by atoms with Gasteiger partial charge in [-0.3, -0.25) is 4.79 Å². The number of halogens is 3. The molecule has 24 heavy (non-hydrogen) atoms. The third-order valence-corrected chi connectivity index (χ3v) is 3.91. The van der Waals surface area contributed by atoms with E-state index in [2.05, 4.69) is 5.32 Å². The molecule has 1 unspecified atom stereocenters. The van der Waals surface area contributed by atoms with Gasteiger partial charge in [-0.05, 0) is 49.6 Å². The van der Waals surface area contributed by atoms with E-state index in [1.54, 1.807) is 0 Å². The minimum Gasteiger partial charge on any atom is -0.480 e. The van der Waals surface area contributed by atoms with Gasteiger partial charge in [0, 0.05) is 5.69 Å². The summed E-state index contributed by atoms with van der Waals surface area (Å²) >= 11 is 0. The summed E-state index contributed by atoms with van der Waals surface area (Å²) in [4.78, 5) is 12.3. The lowest BCUT2D eigenvalue weighted by Gasteiger charge is -2.25. The second kappa shape index (κ2) is 6.19. The average molecular weight is 335 g/mol. The van der Waals surface area contributed by atoms with Crippen molar-refractivity contribution in [1.29, 1.82) is 0 Å². The van der Waals surface area contributed by atoms with Crippen molar-refractivity contribution in [3.8, 4) is 5.75 Å². The van der Waals surface area contributed by atoms with Gasteiger partial charge in [-0.2, -0.15) is 13.2 Å². The summed E-state index contributed by atoms with van der Waals surface area (Å²) in [5.74, 6) is 0.205. The summed E-state index contributed by atoms with van der Waals surface area (Å²) < 4.78 is 43.8. The standard InChI is InChI=1S/C18H16F3NO2/c1-11-5-7-15-12(9-11)6-8-16(24-15)17(23)22-14-4-2-3-13(10-14)18(19,20)21/h2-5,7,9-10,16H,6,8H2,1H3,(H,22,23). The Bertz CT molecular complexity index is 771. The van der Waals surface area contributed by atoms with E-state index in [0.29, 0.717) is 18.6 Å². The van der Waals surface area contributed by atoms with Crippen LogP contribution in [0.5, 0.6) is 5.75 Å². The van der Waals surface area contributed by atoms with E-state index in [1.807, 2.05) is 25.1 Å². The van der Waals surface area contributed by atoms with Crippen molar-refractivity contribution in [3.05, 3.63) is 59.2 Å². The fourth-order valence-electron chi connectivity index (χ4n) is 2.70. The van der Waals surface area contributed by atoms with Crippen LogP contribution in [0.15, 0.2) is 42.5 Å². The van der Waals surface area contributed by atoms with E-state index in [4.69, 9.17) is 4.74 Å². The largest absolute Gasteiger partial charge is 0.480 e. The van der Waals surface area contributed by atoms with Crippen LogP contribution in [0, 0.1) is 6.92 Å². The Morgan fingerprint density at radius 1 is 1.21 bits per heavy atom. The van der Waals surface area contributed by atoms with E-state index < -0.39 is 23.8 Å². The molecule has 0 bridgehead atoms. The van der Waals surface area contributed by atoms with Crippen molar-refractivity contribution >= 4 is 11.6 Å². The molecular formula is C18H16F3NO2. The van der Waals surface area contributed by atoms with Crippen LogP contribution in [-0.4, -0.2) is 12.0 Å². The normalized spacial score (nSPS) is 16.9. The third-order valence-electron chi connectivity index (χ3n) is 3.91. The number of ether oxygens (including phenoxy) is 1. The predicted molar refractivity (Wildman–Crippen MR) is 84.0 cm³/mol. The maximum absolute atomic E-state index is 12.7. The highest BCUT2D eigenvalue weighted by Gasteiger charge is 2.31. The van der Waals surface area contributed by atoms with Crippen LogP contribution < -0.4 is 10.1 Å². The van der Waals surface area contributed by atoms with Crippen molar-refractivity contribution in [2.24, 2.45) is 0 Å². The number of nitrogens with one attached hydrogen (secondary N) is 1. The number of aryl methyl sites for hydroxylation is 2. The van der Waals surface area contributed by atoms with Gasteiger partial charge in [0.05, 0.1) is 5.56 Å². The number of anilines is 1. The molecule has 1 aliphatic heterocycles. The van der Waals surface area contributed by atoms with E-state index in [-0.39, 0.29) is 5.69 Å². The molecule has 3 nitrogen and oxygen atoms in total. The summed E-state index contributed by atoms with van der Waals surface area (Å²) in [6.07, 6.45) is -3.98. The number of rotatable bonds is 2. The minimum absolute atomic E-state index is 0.105. The summed E-state index contributed by atoms with van der Waals surface area (Å²) in [5.41, 5.74) is 1.46. The molecule has 0 saturated carbocycles. The number of amides is 1. The lowest BCUT2D eigenvalue weighted by atomic mass is 10.00. The van der Waals surface area contributed by atoms with E-state index >= 15 is 0 Å². The molecule has 0 saturated heterocycles. The number of carbonyl (C=O) groups excluding carboxylic acids is 1. The number of hydrogen-bond acceptors (Lipinski definition) is 2. The Hall–Kier alpha value is -2.50. The number of hydrogen-bond donors (Lipinski definition) is 1. The molecule has 1 aliphatic rings. The molecule has 6 heteroatoms. The van der Waals surface area contributed by atoms with Crippen molar-refractivity contribution in [3.63, 3.8) is 0 Å². The Morgan fingerprint density at radius 2 is 2.00 bits per heavy atom. The fraction of sp³-hybridized carbons (Fsp3) is 0.278. The highest BCUT2D eigenvalue weighted by atomic mass is 19.4. The molecule has 1 atom stereocenters. The minimum atomic E-state index is -4.45. The molecule has 2 aromatic carbocycles. The monoisotopic (exact) mass is 335 g/mol. The molecule has 1 amide bonds. The van der Waals surface area contributed by atoms with Gasteiger partial charge in [-0.1, -0.05) is 23.8 Å². The van der Waals surface area contributed by atoms with Gasteiger partial charge in [-0.25, -0.2) is 0 Å². The fourth-order valence-corrected chi connectivity index (χ4v) is 2.70. The van der Waals surface area contributed by atoms with E-state index in [0.717, 1.165) is 23.3 Å². The SMILES string of the molecule is Cc1ccc2c(c1)CCC(C(=O)Nc1cccc(C(F)(F)F)c1)O2. The van der Waals surface area contributed by atoms with Crippen molar-refractivity contribution in [2.45, 2.75) is 32.0 Å². The Labute approximate surface area is 137 Å². The first-order valence-electron chi connectivity index (χ1n) is 7.57. The first-order chi connectivity index (χ1) is 11.3. The Morgan fingerprint density at radius 3 is 2.75 bits per heavy atom. The smallest absolute Gasteiger partial charge is 0.416 e. The molecule has 0 aromatic heterocycles. The number of carbonyl (C=O) groups is 1. The van der Waals surface area contributed by atoms with Gasteiger partial charge in [0.1, 0.15) is 5.75 Å². The van der Waals surface area contributed by atoms with Crippen LogP contribution in [0.4, 0.5) is 18.9 Å². The van der Waals surface area contributed by atoms with Crippen LogP contribution in [0.2, 0.25) is 0 Å². The Balaban J connectivity index is 1.71. The molecule has 1 heterocycles. The maximum atomic E-state index is 12.7. The van der Waals surface area contributed by atoms with Gasteiger partial charge in [-0.15, -0.1) is 0 Å². The van der Waals surface area contributed by atoms with Crippen molar-refractivity contribution in [1.82, 2.24) is 0 Å². The molecular weight excluding hydrogens is 319 g/mol. The highest BCUT2D eigenvalue weighted by molar-refractivity contribution is 5.94. The molecule has 0 aliphatic carbocycles. The van der Waals surface area contributed by atoms with Gasteiger partial charge >= 0.3 is 6.18 Å². The maximum Gasteiger partial charge on any atom is 0.416 e. The molecule has 1 N–H and O–H groups in total. The van der Waals surface area contributed by atoms with Crippen LogP contribution >= 0.6 is 0 Å². The van der Waals surface area contributed by atoms with Crippen LogP contribution in [0.25, 0.3) is 0 Å². The molecule has 2 aromatic rings. The first-order valence-corrected chi connectivity index (χ1v) is 7.57. The zero-order chi connectivity index (χ0) is 17.3. The zero-order valence-corrected chi connectivity index (χ0v) is 13.0. The number of alkyl halides is 3. The van der Waals surface area contributed by atoms with Gasteiger partial charge in [0.25, 0.3) is 5.91 Å².